The molecular weight excluding hydrogens is 418 g/mol. The van der Waals surface area contributed by atoms with E-state index < -0.39 is 12.0 Å². The molecule has 1 atom stereocenters. The zero-order valence-electron chi connectivity index (χ0n) is 15.2. The predicted molar refractivity (Wildman–Crippen MR) is 111 cm³/mol. The highest BCUT2D eigenvalue weighted by atomic mass is 79.9. The first kappa shape index (κ1) is 18.4. The summed E-state index contributed by atoms with van der Waals surface area (Å²) < 4.78 is 5.85. The van der Waals surface area contributed by atoms with Crippen molar-refractivity contribution in [3.8, 4) is 11.1 Å². The number of hydrogen-bond acceptors (Lipinski definition) is 3. The van der Waals surface area contributed by atoms with Gasteiger partial charge in [-0.3, -0.25) is 4.79 Å². The van der Waals surface area contributed by atoms with Gasteiger partial charge in [0.05, 0.1) is 7.11 Å². The van der Waals surface area contributed by atoms with Crippen LogP contribution in [0.25, 0.3) is 11.1 Å². The molecule has 0 heterocycles. The summed E-state index contributed by atoms with van der Waals surface area (Å²) in [6.45, 7) is 0. The van der Waals surface area contributed by atoms with Crippen molar-refractivity contribution in [3.05, 3.63) is 94.0 Å². The topological polar surface area (TPSA) is 55.4 Å². The second kappa shape index (κ2) is 7.60. The molecule has 4 nitrogen and oxygen atoms in total. The van der Waals surface area contributed by atoms with Gasteiger partial charge < -0.3 is 10.1 Å². The van der Waals surface area contributed by atoms with Crippen molar-refractivity contribution in [2.24, 2.45) is 0 Å². The Labute approximate surface area is 171 Å². The molecule has 0 saturated carbocycles. The summed E-state index contributed by atoms with van der Waals surface area (Å²) in [4.78, 5) is 25.6. The predicted octanol–water partition coefficient (Wildman–Crippen LogP) is 4.53. The van der Waals surface area contributed by atoms with E-state index in [1.165, 1.54) is 7.11 Å². The number of carbonyl (C=O) groups excluding carboxylic acids is 2. The highest BCUT2D eigenvalue weighted by molar-refractivity contribution is 9.10. The zero-order valence-corrected chi connectivity index (χ0v) is 16.8. The number of benzene rings is 3. The highest BCUT2D eigenvalue weighted by Crippen LogP contribution is 2.46. The number of rotatable bonds is 4. The molecule has 0 spiro atoms. The van der Waals surface area contributed by atoms with Crippen LogP contribution in [-0.2, 0) is 9.53 Å². The Morgan fingerprint density at radius 2 is 1.54 bits per heavy atom. The van der Waals surface area contributed by atoms with E-state index in [0.29, 0.717) is 5.56 Å². The van der Waals surface area contributed by atoms with Gasteiger partial charge in [0.1, 0.15) is 6.04 Å². The fourth-order valence-electron chi connectivity index (χ4n) is 3.81. The summed E-state index contributed by atoms with van der Waals surface area (Å²) >= 11 is 3.38. The minimum Gasteiger partial charge on any atom is -0.467 e. The fourth-order valence-corrected chi connectivity index (χ4v) is 4.21. The molecule has 0 saturated heterocycles. The number of esters is 1. The monoisotopic (exact) mass is 435 g/mol. The van der Waals surface area contributed by atoms with Crippen molar-refractivity contribution in [1.29, 1.82) is 0 Å². The minimum absolute atomic E-state index is 0.309. The van der Waals surface area contributed by atoms with Crippen molar-refractivity contribution >= 4 is 27.8 Å². The van der Waals surface area contributed by atoms with Gasteiger partial charge in [0.25, 0.3) is 5.91 Å². The number of halogens is 1. The van der Waals surface area contributed by atoms with Crippen molar-refractivity contribution in [2.45, 2.75) is 12.0 Å². The molecule has 4 rings (SSSR count). The third-order valence-corrected chi connectivity index (χ3v) is 5.54. The molecule has 5 heteroatoms. The van der Waals surface area contributed by atoms with Gasteiger partial charge in [0, 0.05) is 16.0 Å². The van der Waals surface area contributed by atoms with Gasteiger partial charge >= 0.3 is 5.97 Å². The largest absolute Gasteiger partial charge is 0.467 e. The summed E-state index contributed by atoms with van der Waals surface area (Å²) in [5, 5.41) is 2.90. The van der Waals surface area contributed by atoms with E-state index in [1.54, 1.807) is 18.2 Å². The summed E-state index contributed by atoms with van der Waals surface area (Å²) in [5.74, 6) is -1.10. The Bertz CT molecular complexity index is 1020. The number of fused-ring (bicyclic) bond motifs is 3. The number of ether oxygens (including phenoxy) is 1. The molecule has 0 aromatic heterocycles. The van der Waals surface area contributed by atoms with Crippen LogP contribution in [0, 0.1) is 0 Å². The van der Waals surface area contributed by atoms with E-state index in [9.17, 15) is 9.59 Å². The van der Waals surface area contributed by atoms with Gasteiger partial charge in [-0.2, -0.15) is 0 Å². The Hall–Kier alpha value is -2.92. The van der Waals surface area contributed by atoms with Gasteiger partial charge in [-0.1, -0.05) is 70.5 Å². The second-order valence-corrected chi connectivity index (χ2v) is 7.55. The van der Waals surface area contributed by atoms with Crippen LogP contribution in [0.2, 0.25) is 0 Å². The molecule has 1 amide bonds. The van der Waals surface area contributed by atoms with Crippen LogP contribution < -0.4 is 5.32 Å². The molecule has 1 aliphatic carbocycles. The smallest absolute Gasteiger partial charge is 0.329 e. The lowest BCUT2D eigenvalue weighted by Crippen LogP contribution is -2.45. The first-order valence-corrected chi connectivity index (χ1v) is 9.72. The summed E-state index contributed by atoms with van der Waals surface area (Å²) in [5.41, 5.74) is 4.65. The maximum absolute atomic E-state index is 12.9. The molecule has 0 unspecified atom stereocenters. The van der Waals surface area contributed by atoms with E-state index in [4.69, 9.17) is 4.74 Å². The molecule has 3 aromatic carbocycles. The molecule has 1 aliphatic rings. The summed E-state index contributed by atoms with van der Waals surface area (Å²) in [6.07, 6.45) is 0. The molecular formula is C23H18BrNO3. The lowest BCUT2D eigenvalue weighted by molar-refractivity contribution is -0.143. The number of hydrogen-bond donors (Lipinski definition) is 1. The van der Waals surface area contributed by atoms with Crippen molar-refractivity contribution in [3.63, 3.8) is 0 Å². The normalized spacial score (nSPS) is 13.4. The molecule has 1 N–H and O–H groups in total. The number of amides is 1. The SMILES string of the molecule is COC(=O)[C@@H](NC(=O)c1cccc(Br)c1)C1c2ccccc2-c2ccccc21. The molecule has 0 bridgehead atoms. The molecule has 3 aromatic rings. The first-order valence-electron chi connectivity index (χ1n) is 8.92. The zero-order chi connectivity index (χ0) is 19.7. The Morgan fingerprint density at radius 3 is 2.11 bits per heavy atom. The van der Waals surface area contributed by atoms with E-state index in [2.05, 4.69) is 21.2 Å². The molecule has 140 valence electrons. The maximum Gasteiger partial charge on any atom is 0.329 e. The van der Waals surface area contributed by atoms with Crippen LogP contribution in [0.4, 0.5) is 0 Å². The Kier molecular flexibility index (Phi) is 5.01. The molecule has 28 heavy (non-hydrogen) atoms. The third-order valence-electron chi connectivity index (χ3n) is 5.04. The first-order chi connectivity index (χ1) is 13.6. The summed E-state index contributed by atoms with van der Waals surface area (Å²) in [7, 11) is 1.34. The van der Waals surface area contributed by atoms with Crippen LogP contribution in [0.15, 0.2) is 77.3 Å². The number of carbonyl (C=O) groups is 2. The number of nitrogens with one attached hydrogen (secondary N) is 1. The van der Waals surface area contributed by atoms with Crippen molar-refractivity contribution in [2.75, 3.05) is 7.11 Å². The minimum atomic E-state index is -0.832. The molecule has 0 aliphatic heterocycles. The lowest BCUT2D eigenvalue weighted by atomic mass is 9.89. The van der Waals surface area contributed by atoms with Gasteiger partial charge in [-0.25, -0.2) is 4.79 Å². The second-order valence-electron chi connectivity index (χ2n) is 6.64. The van der Waals surface area contributed by atoms with E-state index in [0.717, 1.165) is 26.7 Å². The average molecular weight is 436 g/mol. The number of methoxy groups -OCH3 is 1. The van der Waals surface area contributed by atoms with Crippen molar-refractivity contribution in [1.82, 2.24) is 5.32 Å². The average Bonchev–Trinajstić information content (AvgIpc) is 3.06. The molecule has 0 radical (unpaired) electrons. The fraction of sp³-hybridized carbons (Fsp3) is 0.130. The van der Waals surface area contributed by atoms with E-state index >= 15 is 0 Å². The van der Waals surface area contributed by atoms with Gasteiger partial charge in [-0.15, -0.1) is 0 Å². The van der Waals surface area contributed by atoms with Crippen LogP contribution in [0.3, 0.4) is 0 Å². The summed E-state index contributed by atoms with van der Waals surface area (Å²) in [6, 6.07) is 22.2. The standard InChI is InChI=1S/C23H18BrNO3/c1-28-23(27)21(25-22(26)14-7-6-8-15(24)13-14)20-18-11-4-2-9-16(18)17-10-3-5-12-19(17)20/h2-13,20-21H,1H3,(H,25,26)/t21-/m0/s1. The third kappa shape index (κ3) is 3.22. The van der Waals surface area contributed by atoms with E-state index in [-0.39, 0.29) is 11.8 Å². The van der Waals surface area contributed by atoms with Crippen LogP contribution in [-0.4, -0.2) is 25.0 Å². The Morgan fingerprint density at radius 1 is 0.929 bits per heavy atom. The maximum atomic E-state index is 12.9. The van der Waals surface area contributed by atoms with Crippen LogP contribution in [0.5, 0.6) is 0 Å². The van der Waals surface area contributed by atoms with Crippen molar-refractivity contribution < 1.29 is 14.3 Å². The van der Waals surface area contributed by atoms with Gasteiger partial charge in [0.15, 0.2) is 0 Å². The van der Waals surface area contributed by atoms with Gasteiger partial charge in [-0.05, 0) is 40.5 Å². The van der Waals surface area contributed by atoms with E-state index in [1.807, 2.05) is 54.6 Å². The van der Waals surface area contributed by atoms with Crippen LogP contribution in [0.1, 0.15) is 27.4 Å². The lowest BCUT2D eigenvalue weighted by Gasteiger charge is -2.24. The highest BCUT2D eigenvalue weighted by Gasteiger charge is 2.39. The molecule has 0 fully saturated rings. The quantitative estimate of drug-likeness (QED) is 0.612. The Balaban J connectivity index is 1.76. The van der Waals surface area contributed by atoms with Gasteiger partial charge in [0.2, 0.25) is 0 Å². The van der Waals surface area contributed by atoms with Crippen LogP contribution >= 0.6 is 15.9 Å².